The van der Waals surface area contributed by atoms with E-state index < -0.39 is 29.7 Å². The van der Waals surface area contributed by atoms with Gasteiger partial charge in [0.15, 0.2) is 5.94 Å². The highest BCUT2D eigenvalue weighted by molar-refractivity contribution is 7.98. The van der Waals surface area contributed by atoms with Gasteiger partial charge in [0.2, 0.25) is 0 Å². The van der Waals surface area contributed by atoms with Crippen LogP contribution in [-0.2, 0) is 23.9 Å². The first kappa shape index (κ1) is 28.9. The number of thioether (sulfide) groups is 1. The van der Waals surface area contributed by atoms with E-state index in [1.165, 1.54) is 11.8 Å². The maximum Gasteiger partial charge on any atom is 0.316 e. The lowest BCUT2D eigenvalue weighted by Gasteiger charge is -2.37. The van der Waals surface area contributed by atoms with Gasteiger partial charge < -0.3 is 19.4 Å². The van der Waals surface area contributed by atoms with Crippen molar-refractivity contribution in [2.24, 2.45) is 34.7 Å². The summed E-state index contributed by atoms with van der Waals surface area (Å²) in [6, 6.07) is 0. The molecule has 0 aromatic carbocycles. The van der Waals surface area contributed by atoms with Crippen molar-refractivity contribution in [2.75, 3.05) is 19.3 Å². The third-order valence-electron chi connectivity index (χ3n) is 6.85. The molecule has 0 aromatic rings. The van der Waals surface area contributed by atoms with Crippen LogP contribution in [0, 0.1) is 29.6 Å². The number of ketones is 1. The first-order valence-electron chi connectivity index (χ1n) is 11.6. The van der Waals surface area contributed by atoms with Crippen molar-refractivity contribution in [1.29, 1.82) is 0 Å². The fourth-order valence-electron chi connectivity index (χ4n) is 4.73. The van der Waals surface area contributed by atoms with Crippen LogP contribution in [0.25, 0.3) is 0 Å². The zero-order chi connectivity index (χ0) is 24.6. The highest BCUT2D eigenvalue weighted by Gasteiger charge is 2.40. The number of hydrogen-bond acceptors (Lipinski definition) is 8. The fourth-order valence-corrected chi connectivity index (χ4v) is 4.89. The van der Waals surface area contributed by atoms with Gasteiger partial charge in [-0.1, -0.05) is 39.8 Å². The Balaban J connectivity index is 3.44. The van der Waals surface area contributed by atoms with Crippen LogP contribution < -0.4 is 0 Å². The molecule has 1 aliphatic heterocycles. The summed E-state index contributed by atoms with van der Waals surface area (Å²) in [5.41, 5.74) is 0.136. The molecule has 0 radical (unpaired) electrons. The van der Waals surface area contributed by atoms with Crippen LogP contribution in [0.3, 0.4) is 0 Å². The highest BCUT2D eigenvalue weighted by Crippen LogP contribution is 2.34. The molecule has 1 heterocycles. The molecule has 0 aliphatic carbocycles. The van der Waals surface area contributed by atoms with Gasteiger partial charge in [0.05, 0.1) is 17.4 Å². The number of aliphatic hydroxyl groups is 1. The molecule has 0 aromatic heterocycles. The topological polar surface area (TPSA) is 94.4 Å². The second kappa shape index (κ2) is 12.9. The van der Waals surface area contributed by atoms with Crippen molar-refractivity contribution in [3.05, 3.63) is 0 Å². The number of carbonyl (C=O) groups excluding carboxylic acids is 2. The SMILES string of the molecule is CC[C@H]1OC(=O)[C@H](C)C(=O)[C@H](C)C[C@](C)(OC)C[C@@H](C)/C(=N\OCSC)[C@H](C)[C@@H](O)C1C. The molecule has 7 nitrogen and oxygen atoms in total. The van der Waals surface area contributed by atoms with Gasteiger partial charge in [-0.15, -0.1) is 11.8 Å². The minimum absolute atomic E-state index is 0.0519. The first-order chi connectivity index (χ1) is 14.9. The minimum atomic E-state index is -0.862. The van der Waals surface area contributed by atoms with Crippen LogP contribution in [0.15, 0.2) is 5.16 Å². The number of rotatable bonds is 5. The Morgan fingerprint density at radius 2 is 1.75 bits per heavy atom. The van der Waals surface area contributed by atoms with Gasteiger partial charge in [-0.05, 0) is 39.4 Å². The second-order valence-corrected chi connectivity index (χ2v) is 10.4. The maximum absolute atomic E-state index is 13.0. The summed E-state index contributed by atoms with van der Waals surface area (Å²) in [6.45, 7) is 13.2. The third kappa shape index (κ3) is 7.45. The monoisotopic (exact) mass is 473 g/mol. The fraction of sp³-hybridized carbons (Fsp3) is 0.875. The number of carbonyl (C=O) groups is 2. The van der Waals surface area contributed by atoms with Gasteiger partial charge in [0, 0.05) is 30.8 Å². The largest absolute Gasteiger partial charge is 0.461 e. The zero-order valence-electron chi connectivity index (χ0n) is 21.2. The molecule has 1 N–H and O–H groups in total. The Morgan fingerprint density at radius 3 is 2.28 bits per heavy atom. The molecule has 0 bridgehead atoms. The summed E-state index contributed by atoms with van der Waals surface area (Å²) < 4.78 is 11.6. The van der Waals surface area contributed by atoms with Crippen molar-refractivity contribution in [2.45, 2.75) is 85.5 Å². The lowest BCUT2D eigenvalue weighted by atomic mass is 9.76. The van der Waals surface area contributed by atoms with E-state index in [9.17, 15) is 14.7 Å². The molecule has 0 spiro atoms. The molecule has 8 atom stereocenters. The van der Waals surface area contributed by atoms with Crippen LogP contribution in [0.2, 0.25) is 0 Å². The summed E-state index contributed by atoms with van der Waals surface area (Å²) in [7, 11) is 1.64. The van der Waals surface area contributed by atoms with Crippen LogP contribution in [0.1, 0.15) is 67.7 Å². The van der Waals surface area contributed by atoms with Crippen molar-refractivity contribution in [3.63, 3.8) is 0 Å². The number of cyclic esters (lactones) is 1. The van der Waals surface area contributed by atoms with Crippen LogP contribution in [0.4, 0.5) is 0 Å². The van der Waals surface area contributed by atoms with E-state index in [4.69, 9.17) is 14.3 Å². The van der Waals surface area contributed by atoms with Gasteiger partial charge in [0.1, 0.15) is 17.8 Å². The van der Waals surface area contributed by atoms with Crippen molar-refractivity contribution in [1.82, 2.24) is 0 Å². The van der Waals surface area contributed by atoms with Crippen LogP contribution in [-0.4, -0.2) is 59.7 Å². The molecule has 8 heteroatoms. The molecular formula is C24H43NO6S. The zero-order valence-corrected chi connectivity index (χ0v) is 22.0. The quantitative estimate of drug-likeness (QED) is 0.209. The number of oxime groups is 1. The van der Waals surface area contributed by atoms with E-state index in [-0.39, 0.29) is 29.5 Å². The number of nitrogens with zero attached hydrogens (tertiary/aromatic N) is 1. The second-order valence-electron chi connectivity index (χ2n) is 9.56. The van der Waals surface area contributed by atoms with Gasteiger partial charge in [0.25, 0.3) is 0 Å². The summed E-state index contributed by atoms with van der Waals surface area (Å²) in [5.74, 6) is -2.22. The number of aliphatic hydroxyl groups excluding tert-OH is 1. The molecule has 32 heavy (non-hydrogen) atoms. The summed E-state index contributed by atoms with van der Waals surface area (Å²) in [6.07, 6.45) is 2.24. The molecule has 1 fully saturated rings. The van der Waals surface area contributed by atoms with Crippen molar-refractivity contribution < 1.29 is 29.0 Å². The minimum Gasteiger partial charge on any atom is -0.461 e. The molecular weight excluding hydrogens is 430 g/mol. The molecule has 1 rings (SSSR count). The van der Waals surface area contributed by atoms with Gasteiger partial charge in [-0.3, -0.25) is 9.59 Å². The first-order valence-corrected chi connectivity index (χ1v) is 13.0. The number of esters is 1. The average molecular weight is 474 g/mol. The molecule has 186 valence electrons. The molecule has 1 aliphatic rings. The lowest BCUT2D eigenvalue weighted by molar-refractivity contribution is -0.162. The van der Waals surface area contributed by atoms with Crippen LogP contribution in [0.5, 0.6) is 0 Å². The summed E-state index contributed by atoms with van der Waals surface area (Å²) in [4.78, 5) is 31.3. The van der Waals surface area contributed by atoms with E-state index in [0.29, 0.717) is 25.2 Å². The highest BCUT2D eigenvalue weighted by atomic mass is 32.2. The van der Waals surface area contributed by atoms with E-state index in [1.54, 1.807) is 14.0 Å². The Kier molecular flexibility index (Phi) is 11.7. The van der Waals surface area contributed by atoms with Gasteiger partial charge >= 0.3 is 5.97 Å². The number of Topliss-reactive ketones (excluding diaryl/α,β-unsaturated/α-hetero) is 1. The Hall–Kier alpha value is -1.12. The van der Waals surface area contributed by atoms with E-state index >= 15 is 0 Å². The molecule has 1 unspecified atom stereocenters. The maximum atomic E-state index is 13.0. The average Bonchev–Trinajstić information content (AvgIpc) is 2.76. The van der Waals surface area contributed by atoms with Crippen molar-refractivity contribution >= 4 is 29.2 Å². The smallest absolute Gasteiger partial charge is 0.316 e. The van der Waals surface area contributed by atoms with Crippen molar-refractivity contribution in [3.8, 4) is 0 Å². The normalized spacial score (nSPS) is 39.4. The number of hydrogen-bond donors (Lipinski definition) is 1. The number of ether oxygens (including phenoxy) is 2. The Bertz CT molecular complexity index is 656. The molecule has 1 saturated heterocycles. The summed E-state index contributed by atoms with van der Waals surface area (Å²) >= 11 is 1.52. The number of methoxy groups -OCH3 is 1. The standard InChI is InChI=1S/C24H43NO6S/c1-10-19-16(4)22(27)17(5)20(25-30-13-32-9)14(2)11-24(7,29-8)12-15(3)21(26)18(6)23(28)31-19/h14-19,22,27H,10-13H2,1-9H3/b25-20+/t14-,15-,16?,17+,18-,19-,22+,24-/m1/s1. The Labute approximate surface area is 198 Å². The lowest BCUT2D eigenvalue weighted by Crippen LogP contribution is -2.44. The summed E-state index contributed by atoms with van der Waals surface area (Å²) in [5, 5.41) is 15.6. The van der Waals surface area contributed by atoms with Gasteiger partial charge in [-0.2, -0.15) is 0 Å². The van der Waals surface area contributed by atoms with E-state index in [2.05, 4.69) is 5.16 Å². The van der Waals surface area contributed by atoms with Crippen LogP contribution >= 0.6 is 11.8 Å². The van der Waals surface area contributed by atoms with E-state index in [1.807, 2.05) is 47.8 Å². The third-order valence-corrected chi connectivity index (χ3v) is 7.20. The molecule has 0 amide bonds. The molecule has 0 saturated carbocycles. The predicted molar refractivity (Wildman–Crippen MR) is 129 cm³/mol. The van der Waals surface area contributed by atoms with Gasteiger partial charge in [-0.25, -0.2) is 0 Å². The Morgan fingerprint density at radius 1 is 1.16 bits per heavy atom. The predicted octanol–water partition coefficient (Wildman–Crippen LogP) is 4.31. The van der Waals surface area contributed by atoms with E-state index in [0.717, 1.165) is 5.71 Å².